The number of aryl methyl sites for hydroxylation is 1. The SMILES string of the molecule is Cn1cnnc1C1CCCCC(O)C1. The van der Waals surface area contributed by atoms with Gasteiger partial charge < -0.3 is 9.67 Å². The van der Waals surface area contributed by atoms with Crippen LogP contribution in [0, 0.1) is 0 Å². The molecule has 1 aliphatic carbocycles. The van der Waals surface area contributed by atoms with Gasteiger partial charge in [0.1, 0.15) is 12.2 Å². The third-order valence-electron chi connectivity index (χ3n) is 3.01. The average Bonchev–Trinajstić information content (AvgIpc) is 2.45. The predicted molar refractivity (Wildman–Crippen MR) is 52.8 cm³/mol. The highest BCUT2D eigenvalue weighted by atomic mass is 16.3. The van der Waals surface area contributed by atoms with Crippen LogP contribution < -0.4 is 0 Å². The zero-order valence-corrected chi connectivity index (χ0v) is 8.56. The van der Waals surface area contributed by atoms with E-state index in [1.54, 1.807) is 6.33 Å². The molecule has 1 aliphatic rings. The molecule has 1 heterocycles. The van der Waals surface area contributed by atoms with E-state index >= 15 is 0 Å². The maximum absolute atomic E-state index is 9.69. The van der Waals surface area contributed by atoms with Crippen molar-refractivity contribution in [1.82, 2.24) is 14.8 Å². The zero-order valence-electron chi connectivity index (χ0n) is 8.56. The number of hydrogen-bond donors (Lipinski definition) is 1. The van der Waals surface area contributed by atoms with E-state index in [0.717, 1.165) is 31.5 Å². The van der Waals surface area contributed by atoms with Gasteiger partial charge in [0.15, 0.2) is 0 Å². The van der Waals surface area contributed by atoms with Gasteiger partial charge in [0.25, 0.3) is 0 Å². The molecule has 0 aromatic carbocycles. The second-order valence-electron chi connectivity index (χ2n) is 4.17. The molecule has 2 atom stereocenters. The first-order valence-electron chi connectivity index (χ1n) is 5.29. The van der Waals surface area contributed by atoms with Gasteiger partial charge in [-0.05, 0) is 19.3 Å². The Bertz CT molecular complexity index is 297. The Hall–Kier alpha value is -0.900. The molecule has 1 saturated carbocycles. The molecule has 1 N–H and O–H groups in total. The smallest absolute Gasteiger partial charge is 0.135 e. The van der Waals surface area contributed by atoms with Gasteiger partial charge in [-0.25, -0.2) is 0 Å². The fourth-order valence-corrected chi connectivity index (χ4v) is 2.23. The fourth-order valence-electron chi connectivity index (χ4n) is 2.23. The number of rotatable bonds is 1. The van der Waals surface area contributed by atoms with Crippen molar-refractivity contribution >= 4 is 0 Å². The first kappa shape index (κ1) is 9.65. The Morgan fingerprint density at radius 2 is 2.21 bits per heavy atom. The molecule has 2 unspecified atom stereocenters. The maximum atomic E-state index is 9.69. The van der Waals surface area contributed by atoms with Crippen molar-refractivity contribution in [2.75, 3.05) is 0 Å². The van der Waals surface area contributed by atoms with Gasteiger partial charge in [-0.3, -0.25) is 0 Å². The molecule has 0 bridgehead atoms. The van der Waals surface area contributed by atoms with Crippen LogP contribution in [0.25, 0.3) is 0 Å². The lowest BCUT2D eigenvalue weighted by Gasteiger charge is -2.14. The minimum atomic E-state index is -0.154. The van der Waals surface area contributed by atoms with E-state index in [0.29, 0.717) is 5.92 Å². The highest BCUT2D eigenvalue weighted by molar-refractivity contribution is 4.97. The van der Waals surface area contributed by atoms with Crippen molar-refractivity contribution < 1.29 is 5.11 Å². The van der Waals surface area contributed by atoms with Crippen LogP contribution in [-0.4, -0.2) is 26.0 Å². The lowest BCUT2D eigenvalue weighted by atomic mass is 9.98. The van der Waals surface area contributed by atoms with Crippen LogP contribution in [0.2, 0.25) is 0 Å². The summed E-state index contributed by atoms with van der Waals surface area (Å²) in [6.45, 7) is 0. The van der Waals surface area contributed by atoms with Gasteiger partial charge >= 0.3 is 0 Å². The molecule has 1 aromatic rings. The number of aliphatic hydroxyl groups is 1. The number of aromatic nitrogens is 3. The van der Waals surface area contributed by atoms with Crippen LogP contribution in [0.4, 0.5) is 0 Å². The average molecular weight is 195 g/mol. The molecular weight excluding hydrogens is 178 g/mol. The van der Waals surface area contributed by atoms with E-state index in [-0.39, 0.29) is 6.10 Å². The first-order valence-corrected chi connectivity index (χ1v) is 5.29. The topological polar surface area (TPSA) is 50.9 Å². The maximum Gasteiger partial charge on any atom is 0.135 e. The summed E-state index contributed by atoms with van der Waals surface area (Å²) in [6, 6.07) is 0. The first-order chi connectivity index (χ1) is 6.77. The van der Waals surface area contributed by atoms with Gasteiger partial charge in [0.2, 0.25) is 0 Å². The van der Waals surface area contributed by atoms with Gasteiger partial charge in [-0.1, -0.05) is 12.8 Å². The van der Waals surface area contributed by atoms with Crippen LogP contribution in [0.15, 0.2) is 6.33 Å². The second kappa shape index (κ2) is 4.09. The lowest BCUT2D eigenvalue weighted by molar-refractivity contribution is 0.150. The molecule has 78 valence electrons. The highest BCUT2D eigenvalue weighted by Crippen LogP contribution is 2.30. The number of hydrogen-bond acceptors (Lipinski definition) is 3. The Morgan fingerprint density at radius 1 is 1.43 bits per heavy atom. The molecule has 4 heteroatoms. The van der Waals surface area contributed by atoms with Crippen LogP contribution in [0.3, 0.4) is 0 Å². The molecular formula is C10H17N3O. The summed E-state index contributed by atoms with van der Waals surface area (Å²) in [6.07, 6.45) is 6.81. The summed E-state index contributed by atoms with van der Waals surface area (Å²) in [7, 11) is 1.96. The van der Waals surface area contributed by atoms with Crippen molar-refractivity contribution in [2.24, 2.45) is 7.05 Å². The standard InChI is InChI=1S/C10H17N3O/c1-13-7-11-12-10(13)8-4-2-3-5-9(14)6-8/h7-9,14H,2-6H2,1H3. The van der Waals surface area contributed by atoms with Crippen LogP contribution in [0.1, 0.15) is 43.8 Å². The molecule has 2 rings (SSSR count). The molecule has 0 spiro atoms. The summed E-state index contributed by atoms with van der Waals surface area (Å²) < 4.78 is 1.96. The summed E-state index contributed by atoms with van der Waals surface area (Å²) >= 11 is 0. The van der Waals surface area contributed by atoms with Crippen molar-refractivity contribution in [3.05, 3.63) is 12.2 Å². The predicted octanol–water partition coefficient (Wildman–Crippen LogP) is 1.22. The number of nitrogens with zero attached hydrogens (tertiary/aromatic N) is 3. The summed E-state index contributed by atoms with van der Waals surface area (Å²) in [5, 5.41) is 17.7. The van der Waals surface area contributed by atoms with Gasteiger partial charge in [0, 0.05) is 13.0 Å². The third kappa shape index (κ3) is 1.95. The fraction of sp³-hybridized carbons (Fsp3) is 0.800. The monoisotopic (exact) mass is 195 g/mol. The van der Waals surface area contributed by atoms with Gasteiger partial charge in [-0.15, -0.1) is 10.2 Å². The summed E-state index contributed by atoms with van der Waals surface area (Å²) in [5.41, 5.74) is 0. The molecule has 1 fully saturated rings. The van der Waals surface area contributed by atoms with E-state index in [4.69, 9.17) is 0 Å². The quantitative estimate of drug-likeness (QED) is 0.685. The largest absolute Gasteiger partial charge is 0.393 e. The minimum Gasteiger partial charge on any atom is -0.393 e. The Kier molecular flexibility index (Phi) is 2.82. The minimum absolute atomic E-state index is 0.154. The molecule has 1 aromatic heterocycles. The van der Waals surface area contributed by atoms with Crippen molar-refractivity contribution in [2.45, 2.75) is 44.1 Å². The highest BCUT2D eigenvalue weighted by Gasteiger charge is 2.22. The Balaban J connectivity index is 2.13. The van der Waals surface area contributed by atoms with E-state index in [1.807, 2.05) is 11.6 Å². The van der Waals surface area contributed by atoms with Gasteiger partial charge in [-0.2, -0.15) is 0 Å². The zero-order chi connectivity index (χ0) is 9.97. The van der Waals surface area contributed by atoms with Crippen LogP contribution in [-0.2, 0) is 7.05 Å². The van der Waals surface area contributed by atoms with Crippen LogP contribution in [0.5, 0.6) is 0 Å². The molecule has 0 saturated heterocycles. The Labute approximate surface area is 84.0 Å². The van der Waals surface area contributed by atoms with E-state index in [2.05, 4.69) is 10.2 Å². The van der Waals surface area contributed by atoms with Crippen molar-refractivity contribution in [3.63, 3.8) is 0 Å². The summed E-state index contributed by atoms with van der Waals surface area (Å²) in [5.74, 6) is 1.41. The van der Waals surface area contributed by atoms with E-state index in [1.165, 1.54) is 6.42 Å². The van der Waals surface area contributed by atoms with E-state index in [9.17, 15) is 5.11 Å². The lowest BCUT2D eigenvalue weighted by Crippen LogP contribution is -2.12. The molecule has 4 nitrogen and oxygen atoms in total. The van der Waals surface area contributed by atoms with Gasteiger partial charge in [0.05, 0.1) is 6.10 Å². The Morgan fingerprint density at radius 3 is 2.93 bits per heavy atom. The van der Waals surface area contributed by atoms with Crippen molar-refractivity contribution in [3.8, 4) is 0 Å². The third-order valence-corrected chi connectivity index (χ3v) is 3.01. The molecule has 14 heavy (non-hydrogen) atoms. The summed E-state index contributed by atoms with van der Waals surface area (Å²) in [4.78, 5) is 0. The molecule has 0 aliphatic heterocycles. The van der Waals surface area contributed by atoms with Crippen molar-refractivity contribution in [1.29, 1.82) is 0 Å². The number of aliphatic hydroxyl groups excluding tert-OH is 1. The molecule has 0 radical (unpaired) electrons. The van der Waals surface area contributed by atoms with Crippen LogP contribution >= 0.6 is 0 Å². The molecule has 0 amide bonds. The van der Waals surface area contributed by atoms with E-state index < -0.39 is 0 Å². The second-order valence-corrected chi connectivity index (χ2v) is 4.17. The normalized spacial score (nSPS) is 28.7.